The van der Waals surface area contributed by atoms with Crippen LogP contribution in [0.15, 0.2) is 12.2 Å². The van der Waals surface area contributed by atoms with Crippen molar-refractivity contribution in [1.29, 1.82) is 0 Å². The molecular formula is C10H14F2O4. The molecule has 1 atom stereocenters. The van der Waals surface area contributed by atoms with Gasteiger partial charge in [0.05, 0.1) is 6.61 Å². The number of ether oxygens (including phenoxy) is 3. The minimum Gasteiger partial charge on any atom is -0.427 e. The topological polar surface area (TPSA) is 44.8 Å². The molecule has 0 aromatic heterocycles. The van der Waals surface area contributed by atoms with Gasteiger partial charge in [-0.1, -0.05) is 13.0 Å². The molecule has 1 unspecified atom stereocenters. The quantitative estimate of drug-likeness (QED) is 0.525. The fraction of sp³-hybridized carbons (Fsp3) is 0.700. The van der Waals surface area contributed by atoms with Crippen molar-refractivity contribution in [1.82, 2.24) is 0 Å². The molecule has 1 aliphatic heterocycles. The second kappa shape index (κ2) is 5.79. The first kappa shape index (κ1) is 12.9. The minimum absolute atomic E-state index is 0.00217. The van der Waals surface area contributed by atoms with Crippen LogP contribution in [0.3, 0.4) is 0 Å². The summed E-state index contributed by atoms with van der Waals surface area (Å²) in [4.78, 5) is 10.8. The van der Waals surface area contributed by atoms with Gasteiger partial charge >= 0.3 is 6.16 Å². The van der Waals surface area contributed by atoms with E-state index in [1.54, 1.807) is 0 Å². The van der Waals surface area contributed by atoms with Gasteiger partial charge in [0.1, 0.15) is 0 Å². The van der Waals surface area contributed by atoms with Crippen molar-refractivity contribution < 1.29 is 27.8 Å². The van der Waals surface area contributed by atoms with Crippen molar-refractivity contribution in [2.24, 2.45) is 0 Å². The molecule has 92 valence electrons. The molecule has 0 aromatic rings. The maximum atomic E-state index is 11.8. The fourth-order valence-corrected chi connectivity index (χ4v) is 1.39. The second-order valence-corrected chi connectivity index (χ2v) is 3.38. The van der Waals surface area contributed by atoms with Crippen LogP contribution in [-0.4, -0.2) is 31.6 Å². The Morgan fingerprint density at radius 2 is 2.38 bits per heavy atom. The second-order valence-electron chi connectivity index (χ2n) is 3.38. The van der Waals surface area contributed by atoms with Crippen LogP contribution in [0, 0.1) is 0 Å². The molecule has 0 spiro atoms. The van der Waals surface area contributed by atoms with Crippen LogP contribution >= 0.6 is 0 Å². The summed E-state index contributed by atoms with van der Waals surface area (Å²) in [5, 5.41) is 0. The molecule has 0 aromatic carbocycles. The van der Waals surface area contributed by atoms with E-state index in [4.69, 9.17) is 9.47 Å². The van der Waals surface area contributed by atoms with Gasteiger partial charge in [-0.25, -0.2) is 13.6 Å². The third-order valence-electron chi connectivity index (χ3n) is 2.03. The van der Waals surface area contributed by atoms with Crippen molar-refractivity contribution in [3.05, 3.63) is 12.2 Å². The van der Waals surface area contributed by atoms with E-state index in [1.165, 1.54) is 6.08 Å². The van der Waals surface area contributed by atoms with Gasteiger partial charge in [0, 0.05) is 6.42 Å². The Balaban J connectivity index is 2.43. The Morgan fingerprint density at radius 1 is 1.62 bits per heavy atom. The van der Waals surface area contributed by atoms with Crippen molar-refractivity contribution in [2.75, 3.05) is 13.2 Å². The molecule has 0 aliphatic carbocycles. The number of rotatable bonds is 6. The maximum Gasteiger partial charge on any atom is 0.511 e. The van der Waals surface area contributed by atoms with E-state index in [2.05, 4.69) is 4.74 Å². The summed E-state index contributed by atoms with van der Waals surface area (Å²) in [5.74, 6) is -1.11. The molecule has 1 fully saturated rings. The highest BCUT2D eigenvalue weighted by Gasteiger charge is 2.42. The zero-order chi connectivity index (χ0) is 12.0. The standard InChI is InChI=1S/C10H14F2O4/c1-2-5-10(7-14-9(13)16-10)15-6-3-4-8(11)12/h3-4,8H,2,5-7H2,1H3/b4-3-. The van der Waals surface area contributed by atoms with Crippen LogP contribution in [-0.2, 0) is 14.2 Å². The SMILES string of the molecule is CCCC1(OC/C=C\C(F)F)COC(=O)O1. The molecule has 4 nitrogen and oxygen atoms in total. The first-order valence-electron chi connectivity index (χ1n) is 5.02. The smallest absolute Gasteiger partial charge is 0.427 e. The normalized spacial score (nSPS) is 25.1. The third kappa shape index (κ3) is 3.77. The zero-order valence-corrected chi connectivity index (χ0v) is 8.95. The van der Waals surface area contributed by atoms with Gasteiger partial charge in [-0.05, 0) is 12.5 Å². The summed E-state index contributed by atoms with van der Waals surface area (Å²) >= 11 is 0. The number of alkyl halides is 2. The highest BCUT2D eigenvalue weighted by molar-refractivity contribution is 5.62. The largest absolute Gasteiger partial charge is 0.511 e. The first-order valence-corrected chi connectivity index (χ1v) is 5.02. The molecular weight excluding hydrogens is 222 g/mol. The van der Waals surface area contributed by atoms with Crippen LogP contribution in [0.25, 0.3) is 0 Å². The van der Waals surface area contributed by atoms with Gasteiger partial charge in [-0.15, -0.1) is 0 Å². The van der Waals surface area contributed by atoms with Crippen LogP contribution in [0.1, 0.15) is 19.8 Å². The van der Waals surface area contributed by atoms with Crippen LogP contribution in [0.5, 0.6) is 0 Å². The highest BCUT2D eigenvalue weighted by atomic mass is 19.3. The number of hydrogen-bond acceptors (Lipinski definition) is 4. The van der Waals surface area contributed by atoms with Crippen molar-refractivity contribution in [2.45, 2.75) is 32.0 Å². The molecule has 0 bridgehead atoms. The van der Waals surface area contributed by atoms with E-state index in [9.17, 15) is 13.6 Å². The van der Waals surface area contributed by atoms with Crippen molar-refractivity contribution in [3.8, 4) is 0 Å². The number of allylic oxidation sites excluding steroid dienone is 1. The van der Waals surface area contributed by atoms with E-state index < -0.39 is 18.4 Å². The summed E-state index contributed by atoms with van der Waals surface area (Å²) in [6, 6.07) is 0. The number of carbonyl (C=O) groups excluding carboxylic acids is 1. The number of carbonyl (C=O) groups is 1. The van der Waals surface area contributed by atoms with Gasteiger partial charge in [0.25, 0.3) is 12.2 Å². The van der Waals surface area contributed by atoms with Gasteiger partial charge in [0.15, 0.2) is 6.61 Å². The molecule has 1 rings (SSSR count). The number of hydrogen-bond donors (Lipinski definition) is 0. The van der Waals surface area contributed by atoms with E-state index in [0.717, 1.165) is 12.5 Å². The molecule has 0 N–H and O–H groups in total. The summed E-state index contributed by atoms with van der Waals surface area (Å²) in [5.41, 5.74) is 0. The van der Waals surface area contributed by atoms with E-state index in [0.29, 0.717) is 6.42 Å². The number of halogens is 2. The lowest BCUT2D eigenvalue weighted by Crippen LogP contribution is -2.35. The lowest BCUT2D eigenvalue weighted by Gasteiger charge is -2.23. The maximum absolute atomic E-state index is 11.8. The Kier molecular flexibility index (Phi) is 4.67. The first-order chi connectivity index (χ1) is 7.58. The molecule has 0 amide bonds. The van der Waals surface area contributed by atoms with Gasteiger partial charge in [-0.3, -0.25) is 0 Å². The average Bonchev–Trinajstić information content (AvgIpc) is 2.56. The Morgan fingerprint density at radius 3 is 2.88 bits per heavy atom. The number of cyclic esters (lactones) is 2. The molecule has 16 heavy (non-hydrogen) atoms. The predicted octanol–water partition coefficient (Wildman–Crippen LogP) is 2.49. The lowest BCUT2D eigenvalue weighted by molar-refractivity contribution is -0.176. The lowest BCUT2D eigenvalue weighted by atomic mass is 10.1. The third-order valence-corrected chi connectivity index (χ3v) is 2.03. The minimum atomic E-state index is -2.51. The van der Waals surface area contributed by atoms with E-state index in [-0.39, 0.29) is 13.2 Å². The molecule has 0 radical (unpaired) electrons. The van der Waals surface area contributed by atoms with Crippen LogP contribution < -0.4 is 0 Å². The Bertz CT molecular complexity index is 268. The fourth-order valence-electron chi connectivity index (χ4n) is 1.39. The van der Waals surface area contributed by atoms with Gasteiger partial charge in [0.2, 0.25) is 0 Å². The van der Waals surface area contributed by atoms with Crippen molar-refractivity contribution >= 4 is 6.16 Å². The Hall–Kier alpha value is -1.17. The molecule has 1 aliphatic rings. The Labute approximate surface area is 92.2 Å². The monoisotopic (exact) mass is 236 g/mol. The zero-order valence-electron chi connectivity index (χ0n) is 8.95. The van der Waals surface area contributed by atoms with Crippen molar-refractivity contribution in [3.63, 3.8) is 0 Å². The van der Waals surface area contributed by atoms with Crippen LogP contribution in [0.2, 0.25) is 0 Å². The van der Waals surface area contributed by atoms with Crippen LogP contribution in [0.4, 0.5) is 13.6 Å². The van der Waals surface area contributed by atoms with Gasteiger partial charge < -0.3 is 14.2 Å². The molecule has 0 saturated carbocycles. The molecule has 1 heterocycles. The highest BCUT2D eigenvalue weighted by Crippen LogP contribution is 2.26. The van der Waals surface area contributed by atoms with E-state index >= 15 is 0 Å². The average molecular weight is 236 g/mol. The summed E-state index contributed by atoms with van der Waals surface area (Å²) < 4.78 is 38.4. The van der Waals surface area contributed by atoms with E-state index in [1.807, 2.05) is 6.92 Å². The summed E-state index contributed by atoms with van der Waals surface area (Å²) in [6.07, 6.45) is -0.179. The molecule has 1 saturated heterocycles. The summed E-state index contributed by atoms with van der Waals surface area (Å²) in [7, 11) is 0. The van der Waals surface area contributed by atoms with Gasteiger partial charge in [-0.2, -0.15) is 0 Å². The molecule has 6 heteroatoms. The predicted molar refractivity (Wildman–Crippen MR) is 51.2 cm³/mol. The summed E-state index contributed by atoms with van der Waals surface area (Å²) in [6.45, 7) is 1.86.